The van der Waals surface area contributed by atoms with Crippen molar-refractivity contribution in [3.8, 4) is 6.07 Å². The standard InChI is InChI=1S/C21H20N4/c1-15-11-20(14-24-15)25(18-7-4-16(13-22)5-8-18)19-9-6-17-3-2-10-23-21(17)12-19/h2-10,12,15,20,24H,11,14H2,1H3. The number of hydrogen-bond donors (Lipinski definition) is 1. The van der Waals surface area contributed by atoms with E-state index in [0.29, 0.717) is 17.6 Å². The van der Waals surface area contributed by atoms with Crippen LogP contribution < -0.4 is 10.2 Å². The Bertz CT molecular complexity index is 927. The number of pyridine rings is 1. The second-order valence-corrected chi connectivity index (χ2v) is 6.61. The zero-order chi connectivity index (χ0) is 17.2. The van der Waals surface area contributed by atoms with Gasteiger partial charge in [-0.15, -0.1) is 0 Å². The van der Waals surface area contributed by atoms with Crippen molar-refractivity contribution in [2.45, 2.75) is 25.4 Å². The molecule has 2 aromatic carbocycles. The van der Waals surface area contributed by atoms with Crippen LogP contribution in [-0.4, -0.2) is 23.6 Å². The van der Waals surface area contributed by atoms with E-state index in [9.17, 15) is 0 Å². The number of nitrogens with one attached hydrogen (secondary N) is 1. The minimum absolute atomic E-state index is 0.379. The number of rotatable bonds is 3. The quantitative estimate of drug-likeness (QED) is 0.790. The van der Waals surface area contributed by atoms with Crippen LogP contribution in [0.1, 0.15) is 18.9 Å². The monoisotopic (exact) mass is 328 g/mol. The van der Waals surface area contributed by atoms with Crippen molar-refractivity contribution >= 4 is 22.3 Å². The van der Waals surface area contributed by atoms with Crippen molar-refractivity contribution < 1.29 is 0 Å². The minimum Gasteiger partial charge on any atom is -0.337 e. The molecule has 0 spiro atoms. The molecule has 2 heterocycles. The second-order valence-electron chi connectivity index (χ2n) is 6.61. The number of fused-ring (bicyclic) bond motifs is 1. The Morgan fingerprint density at radius 1 is 1.12 bits per heavy atom. The predicted molar refractivity (Wildman–Crippen MR) is 101 cm³/mol. The number of benzene rings is 2. The lowest BCUT2D eigenvalue weighted by Crippen LogP contribution is -2.32. The Morgan fingerprint density at radius 2 is 1.92 bits per heavy atom. The molecule has 0 radical (unpaired) electrons. The molecule has 1 aromatic heterocycles. The summed E-state index contributed by atoms with van der Waals surface area (Å²) < 4.78 is 0. The van der Waals surface area contributed by atoms with E-state index < -0.39 is 0 Å². The molecule has 1 N–H and O–H groups in total. The van der Waals surface area contributed by atoms with Gasteiger partial charge in [0.1, 0.15) is 0 Å². The van der Waals surface area contributed by atoms with Crippen molar-refractivity contribution in [1.82, 2.24) is 10.3 Å². The molecule has 0 saturated carbocycles. The van der Waals surface area contributed by atoms with E-state index in [2.05, 4.69) is 52.5 Å². The van der Waals surface area contributed by atoms with E-state index >= 15 is 0 Å². The van der Waals surface area contributed by atoms with Gasteiger partial charge in [-0.2, -0.15) is 5.26 Å². The van der Waals surface area contributed by atoms with Gasteiger partial charge in [0.15, 0.2) is 0 Å². The molecule has 1 fully saturated rings. The molecule has 4 heteroatoms. The number of anilines is 2. The molecule has 3 aromatic rings. The zero-order valence-corrected chi connectivity index (χ0v) is 14.2. The molecular weight excluding hydrogens is 308 g/mol. The minimum atomic E-state index is 0.379. The molecule has 1 aliphatic heterocycles. The van der Waals surface area contributed by atoms with Crippen molar-refractivity contribution in [2.75, 3.05) is 11.4 Å². The summed E-state index contributed by atoms with van der Waals surface area (Å²) in [6.07, 6.45) is 2.91. The molecule has 2 unspecified atom stereocenters. The maximum atomic E-state index is 9.07. The van der Waals surface area contributed by atoms with Gasteiger partial charge in [-0.05, 0) is 55.8 Å². The summed E-state index contributed by atoms with van der Waals surface area (Å²) in [5.41, 5.74) is 3.92. The van der Waals surface area contributed by atoms with Crippen LogP contribution in [0.2, 0.25) is 0 Å². The first-order chi connectivity index (χ1) is 12.2. The summed E-state index contributed by atoms with van der Waals surface area (Å²) in [5, 5.41) is 13.7. The van der Waals surface area contributed by atoms with E-state index in [1.165, 1.54) is 0 Å². The van der Waals surface area contributed by atoms with Crippen LogP contribution in [0.25, 0.3) is 10.9 Å². The fourth-order valence-corrected chi connectivity index (χ4v) is 3.58. The Hall–Kier alpha value is -2.90. The van der Waals surface area contributed by atoms with E-state index in [-0.39, 0.29) is 0 Å². The fraction of sp³-hybridized carbons (Fsp3) is 0.238. The van der Waals surface area contributed by atoms with Crippen LogP contribution in [0.5, 0.6) is 0 Å². The number of nitriles is 1. The number of nitrogens with zero attached hydrogens (tertiary/aromatic N) is 3. The molecule has 0 aliphatic carbocycles. The number of hydrogen-bond acceptors (Lipinski definition) is 4. The highest BCUT2D eigenvalue weighted by atomic mass is 15.2. The van der Waals surface area contributed by atoms with Gasteiger partial charge < -0.3 is 10.2 Å². The third-order valence-corrected chi connectivity index (χ3v) is 4.83. The largest absolute Gasteiger partial charge is 0.337 e. The van der Waals surface area contributed by atoms with Gasteiger partial charge in [-0.25, -0.2) is 0 Å². The smallest absolute Gasteiger partial charge is 0.0991 e. The van der Waals surface area contributed by atoms with Crippen LogP contribution in [0.15, 0.2) is 60.8 Å². The Balaban J connectivity index is 1.79. The van der Waals surface area contributed by atoms with Crippen LogP contribution in [0.4, 0.5) is 11.4 Å². The molecule has 0 bridgehead atoms. The van der Waals surface area contributed by atoms with Gasteiger partial charge in [0.25, 0.3) is 0 Å². The average molecular weight is 328 g/mol. The summed E-state index contributed by atoms with van der Waals surface area (Å²) in [6, 6.07) is 21.4. The SMILES string of the molecule is CC1CC(N(c2ccc(C#N)cc2)c2ccc3cccnc3c2)CN1. The van der Waals surface area contributed by atoms with Gasteiger partial charge in [0.2, 0.25) is 0 Å². The molecule has 0 amide bonds. The first-order valence-corrected chi connectivity index (χ1v) is 8.62. The average Bonchev–Trinajstić information content (AvgIpc) is 3.08. The van der Waals surface area contributed by atoms with Crippen molar-refractivity contribution in [1.29, 1.82) is 5.26 Å². The van der Waals surface area contributed by atoms with Gasteiger partial charge >= 0.3 is 0 Å². The first kappa shape index (κ1) is 15.6. The third kappa shape index (κ3) is 3.07. The van der Waals surface area contributed by atoms with Gasteiger partial charge in [-0.1, -0.05) is 12.1 Å². The van der Waals surface area contributed by atoms with Crippen LogP contribution in [0, 0.1) is 11.3 Å². The second kappa shape index (κ2) is 6.54. The lowest BCUT2D eigenvalue weighted by molar-refractivity contribution is 0.652. The lowest BCUT2D eigenvalue weighted by atomic mass is 10.1. The van der Waals surface area contributed by atoms with Crippen LogP contribution in [-0.2, 0) is 0 Å². The third-order valence-electron chi connectivity index (χ3n) is 4.83. The number of aromatic nitrogens is 1. The van der Waals surface area contributed by atoms with E-state index in [4.69, 9.17) is 5.26 Å². The summed E-state index contributed by atoms with van der Waals surface area (Å²) in [7, 11) is 0. The molecule has 2 atom stereocenters. The molecule has 124 valence electrons. The van der Waals surface area contributed by atoms with E-state index in [0.717, 1.165) is 35.2 Å². The Labute approximate surface area is 147 Å². The van der Waals surface area contributed by atoms with Crippen molar-refractivity contribution in [3.63, 3.8) is 0 Å². The summed E-state index contributed by atoms with van der Waals surface area (Å²) in [6.45, 7) is 3.17. The Kier molecular flexibility index (Phi) is 4.09. The van der Waals surface area contributed by atoms with Crippen LogP contribution in [0.3, 0.4) is 0 Å². The maximum Gasteiger partial charge on any atom is 0.0991 e. The first-order valence-electron chi connectivity index (χ1n) is 8.62. The van der Waals surface area contributed by atoms with Crippen molar-refractivity contribution in [3.05, 3.63) is 66.4 Å². The van der Waals surface area contributed by atoms with Crippen molar-refractivity contribution in [2.24, 2.45) is 0 Å². The fourth-order valence-electron chi connectivity index (χ4n) is 3.58. The maximum absolute atomic E-state index is 9.07. The van der Waals surface area contributed by atoms with Gasteiger partial charge in [-0.3, -0.25) is 4.98 Å². The highest BCUT2D eigenvalue weighted by Gasteiger charge is 2.28. The van der Waals surface area contributed by atoms with Crippen LogP contribution >= 0.6 is 0 Å². The summed E-state index contributed by atoms with van der Waals surface area (Å²) >= 11 is 0. The Morgan fingerprint density at radius 3 is 2.64 bits per heavy atom. The predicted octanol–water partition coefficient (Wildman–Crippen LogP) is 3.99. The van der Waals surface area contributed by atoms with Gasteiger partial charge in [0, 0.05) is 41.6 Å². The molecule has 1 aliphatic rings. The molecule has 4 nitrogen and oxygen atoms in total. The molecule has 4 rings (SSSR count). The van der Waals surface area contributed by atoms with Gasteiger partial charge in [0.05, 0.1) is 17.1 Å². The molecule has 1 saturated heterocycles. The zero-order valence-electron chi connectivity index (χ0n) is 14.2. The summed E-state index contributed by atoms with van der Waals surface area (Å²) in [5.74, 6) is 0. The highest BCUT2D eigenvalue weighted by Crippen LogP contribution is 2.32. The molecule has 25 heavy (non-hydrogen) atoms. The lowest BCUT2D eigenvalue weighted by Gasteiger charge is -2.31. The summed E-state index contributed by atoms with van der Waals surface area (Å²) in [4.78, 5) is 6.87. The highest BCUT2D eigenvalue weighted by molar-refractivity contribution is 5.83. The van der Waals surface area contributed by atoms with E-state index in [1.54, 1.807) is 0 Å². The molecular formula is C21H20N4. The normalized spacial score (nSPS) is 19.7. The van der Waals surface area contributed by atoms with E-state index in [1.807, 2.05) is 36.5 Å². The topological polar surface area (TPSA) is 52.0 Å².